The van der Waals surface area contributed by atoms with Crippen molar-refractivity contribution in [2.75, 3.05) is 13.2 Å². The summed E-state index contributed by atoms with van der Waals surface area (Å²) in [6.45, 7) is 6.05. The van der Waals surface area contributed by atoms with Crippen molar-refractivity contribution in [2.45, 2.75) is 44.8 Å². The van der Waals surface area contributed by atoms with Gasteiger partial charge in [-0.2, -0.15) is 0 Å². The van der Waals surface area contributed by atoms with Crippen molar-refractivity contribution >= 4 is 23.2 Å². The molecule has 1 aromatic carbocycles. The van der Waals surface area contributed by atoms with Crippen LogP contribution in [0.5, 0.6) is 0 Å². The molecule has 106 valence electrons. The first-order valence-corrected chi connectivity index (χ1v) is 7.62. The Balaban J connectivity index is 2.03. The molecule has 1 aliphatic rings. The molecular formula is C15H21Cl2NO. The fraction of sp³-hybridized carbons (Fsp3) is 0.600. The lowest BCUT2D eigenvalue weighted by Crippen LogP contribution is -2.38. The lowest BCUT2D eigenvalue weighted by Gasteiger charge is -2.27. The fourth-order valence-corrected chi connectivity index (χ4v) is 3.11. The Morgan fingerprint density at radius 1 is 1.42 bits per heavy atom. The maximum Gasteiger partial charge on any atom is 0.0779 e. The normalized spacial score (nSPS) is 24.6. The molecule has 2 rings (SSSR count). The zero-order valence-corrected chi connectivity index (χ0v) is 13.0. The van der Waals surface area contributed by atoms with Crippen molar-refractivity contribution in [3.05, 3.63) is 33.8 Å². The third-order valence-corrected chi connectivity index (χ3v) is 4.33. The smallest absolute Gasteiger partial charge is 0.0779 e. The van der Waals surface area contributed by atoms with E-state index in [0.717, 1.165) is 43.0 Å². The van der Waals surface area contributed by atoms with Crippen LogP contribution in [0.15, 0.2) is 18.2 Å². The van der Waals surface area contributed by atoms with Gasteiger partial charge in [-0.15, -0.1) is 0 Å². The lowest BCUT2D eigenvalue weighted by atomic mass is 10.00. The van der Waals surface area contributed by atoms with Crippen molar-refractivity contribution in [3.63, 3.8) is 0 Å². The number of nitrogens with one attached hydrogen (secondary N) is 1. The van der Waals surface area contributed by atoms with Gasteiger partial charge in [0.15, 0.2) is 0 Å². The molecule has 0 saturated carbocycles. The van der Waals surface area contributed by atoms with E-state index in [9.17, 15) is 0 Å². The minimum atomic E-state index is -0.0354. The van der Waals surface area contributed by atoms with Gasteiger partial charge in [-0.05, 0) is 43.9 Å². The summed E-state index contributed by atoms with van der Waals surface area (Å²) in [5.41, 5.74) is 1.07. The molecule has 1 heterocycles. The molecule has 0 amide bonds. The first-order valence-electron chi connectivity index (χ1n) is 6.86. The zero-order chi connectivity index (χ0) is 13.9. The molecule has 0 aliphatic carbocycles. The SMILES string of the molecule is CCC(NCC1(C)CCCO1)c1ccc(Cl)cc1Cl. The molecule has 1 aliphatic heterocycles. The van der Waals surface area contributed by atoms with Crippen LogP contribution >= 0.6 is 23.2 Å². The maximum absolute atomic E-state index is 6.28. The second-order valence-corrected chi connectivity index (χ2v) is 6.25. The summed E-state index contributed by atoms with van der Waals surface area (Å²) in [6.07, 6.45) is 3.25. The molecular weight excluding hydrogens is 281 g/mol. The van der Waals surface area contributed by atoms with Crippen molar-refractivity contribution in [1.82, 2.24) is 5.32 Å². The van der Waals surface area contributed by atoms with Crippen molar-refractivity contribution < 1.29 is 4.74 Å². The highest BCUT2D eigenvalue weighted by Gasteiger charge is 2.30. The van der Waals surface area contributed by atoms with Crippen LogP contribution < -0.4 is 5.32 Å². The van der Waals surface area contributed by atoms with E-state index in [2.05, 4.69) is 19.2 Å². The Kier molecular flexibility index (Phi) is 5.13. The van der Waals surface area contributed by atoms with Gasteiger partial charge < -0.3 is 10.1 Å². The molecule has 0 spiro atoms. The van der Waals surface area contributed by atoms with Crippen LogP contribution in [0, 0.1) is 0 Å². The molecule has 0 radical (unpaired) electrons. The third kappa shape index (κ3) is 3.85. The van der Waals surface area contributed by atoms with Crippen LogP contribution in [0.3, 0.4) is 0 Å². The lowest BCUT2D eigenvalue weighted by molar-refractivity contribution is 0.0186. The Labute approximate surface area is 125 Å². The second-order valence-electron chi connectivity index (χ2n) is 5.41. The molecule has 1 fully saturated rings. The quantitative estimate of drug-likeness (QED) is 0.858. The van der Waals surface area contributed by atoms with Crippen LogP contribution in [0.1, 0.15) is 44.7 Å². The summed E-state index contributed by atoms with van der Waals surface area (Å²) in [5.74, 6) is 0. The van der Waals surface area contributed by atoms with E-state index >= 15 is 0 Å². The van der Waals surface area contributed by atoms with Gasteiger partial charge >= 0.3 is 0 Å². The van der Waals surface area contributed by atoms with E-state index in [1.807, 2.05) is 12.1 Å². The van der Waals surface area contributed by atoms with E-state index in [-0.39, 0.29) is 11.6 Å². The number of hydrogen-bond donors (Lipinski definition) is 1. The minimum absolute atomic E-state index is 0.0354. The number of hydrogen-bond acceptors (Lipinski definition) is 2. The molecule has 2 unspecified atom stereocenters. The van der Waals surface area contributed by atoms with E-state index in [0.29, 0.717) is 5.02 Å². The molecule has 1 saturated heterocycles. The van der Waals surface area contributed by atoms with Crippen molar-refractivity contribution in [1.29, 1.82) is 0 Å². The largest absolute Gasteiger partial charge is 0.374 e. The topological polar surface area (TPSA) is 21.3 Å². The molecule has 0 bridgehead atoms. The van der Waals surface area contributed by atoms with Gasteiger partial charge in [0, 0.05) is 29.2 Å². The first kappa shape index (κ1) is 15.1. The Morgan fingerprint density at radius 2 is 2.21 bits per heavy atom. The first-order chi connectivity index (χ1) is 9.04. The van der Waals surface area contributed by atoms with Crippen LogP contribution in [0.25, 0.3) is 0 Å². The van der Waals surface area contributed by atoms with Crippen molar-refractivity contribution in [2.24, 2.45) is 0 Å². The third-order valence-electron chi connectivity index (χ3n) is 3.77. The highest BCUT2D eigenvalue weighted by Crippen LogP contribution is 2.30. The zero-order valence-electron chi connectivity index (χ0n) is 11.5. The molecule has 1 N–H and O–H groups in total. The van der Waals surface area contributed by atoms with Crippen LogP contribution in [-0.2, 0) is 4.74 Å². The van der Waals surface area contributed by atoms with E-state index in [1.165, 1.54) is 0 Å². The summed E-state index contributed by atoms with van der Waals surface area (Å²) in [7, 11) is 0. The second kappa shape index (κ2) is 6.45. The number of rotatable bonds is 5. The maximum atomic E-state index is 6.28. The Bertz CT molecular complexity index is 430. The van der Waals surface area contributed by atoms with Crippen molar-refractivity contribution in [3.8, 4) is 0 Å². The Hall–Kier alpha value is -0.280. The van der Waals surface area contributed by atoms with Gasteiger partial charge in [-0.25, -0.2) is 0 Å². The highest BCUT2D eigenvalue weighted by molar-refractivity contribution is 6.35. The summed E-state index contributed by atoms with van der Waals surface area (Å²) < 4.78 is 5.80. The van der Waals surface area contributed by atoms with Crippen LogP contribution in [0.2, 0.25) is 10.0 Å². The van der Waals surface area contributed by atoms with Gasteiger partial charge in [0.2, 0.25) is 0 Å². The number of ether oxygens (including phenoxy) is 1. The van der Waals surface area contributed by atoms with E-state index in [1.54, 1.807) is 6.07 Å². The predicted octanol–water partition coefficient (Wildman–Crippen LogP) is 4.60. The predicted molar refractivity (Wildman–Crippen MR) is 81.1 cm³/mol. The monoisotopic (exact) mass is 301 g/mol. The van der Waals surface area contributed by atoms with Crippen LogP contribution in [0.4, 0.5) is 0 Å². The van der Waals surface area contributed by atoms with Gasteiger partial charge in [0.1, 0.15) is 0 Å². The number of halogens is 2. The highest BCUT2D eigenvalue weighted by atomic mass is 35.5. The molecule has 1 aromatic rings. The molecule has 19 heavy (non-hydrogen) atoms. The Morgan fingerprint density at radius 3 is 2.79 bits per heavy atom. The summed E-state index contributed by atoms with van der Waals surface area (Å²) >= 11 is 12.2. The molecule has 4 heteroatoms. The van der Waals surface area contributed by atoms with Gasteiger partial charge in [-0.1, -0.05) is 36.2 Å². The summed E-state index contributed by atoms with van der Waals surface area (Å²) in [5, 5.41) is 4.98. The van der Waals surface area contributed by atoms with Crippen LogP contribution in [-0.4, -0.2) is 18.8 Å². The fourth-order valence-electron chi connectivity index (χ4n) is 2.57. The van der Waals surface area contributed by atoms with Gasteiger partial charge in [0.05, 0.1) is 5.60 Å². The molecule has 2 nitrogen and oxygen atoms in total. The summed E-state index contributed by atoms with van der Waals surface area (Å²) in [6, 6.07) is 5.94. The average molecular weight is 302 g/mol. The number of benzene rings is 1. The molecule has 0 aromatic heterocycles. The standard InChI is InChI=1S/C15H21Cl2NO/c1-3-14(12-6-5-11(16)9-13(12)17)18-10-15(2)7-4-8-19-15/h5-6,9,14,18H,3-4,7-8,10H2,1-2H3. The van der Waals surface area contributed by atoms with E-state index in [4.69, 9.17) is 27.9 Å². The molecule has 2 atom stereocenters. The minimum Gasteiger partial charge on any atom is -0.374 e. The summed E-state index contributed by atoms with van der Waals surface area (Å²) in [4.78, 5) is 0. The average Bonchev–Trinajstić information content (AvgIpc) is 2.79. The van der Waals surface area contributed by atoms with Gasteiger partial charge in [-0.3, -0.25) is 0 Å². The van der Waals surface area contributed by atoms with Gasteiger partial charge in [0.25, 0.3) is 0 Å². The van der Waals surface area contributed by atoms with E-state index < -0.39 is 0 Å².